The normalized spacial score (nSPS) is 17.4. The number of aliphatic hydroxyl groups is 2. The predicted molar refractivity (Wildman–Crippen MR) is 346 cm³/mol. The largest absolute Gasteiger partial charge is 0.494 e. The van der Waals surface area contributed by atoms with Crippen molar-refractivity contribution in [3.63, 3.8) is 0 Å². The lowest BCUT2D eigenvalue weighted by Crippen LogP contribution is -2.52. The fourth-order valence-corrected chi connectivity index (χ4v) is 11.3. The molecule has 88 heavy (non-hydrogen) atoms. The summed E-state index contributed by atoms with van der Waals surface area (Å²) in [4.78, 5) is 57.4. The number of anilines is 12. The number of amides is 1. The van der Waals surface area contributed by atoms with Crippen LogP contribution in [0.1, 0.15) is 52.7 Å². The fourth-order valence-electron chi connectivity index (χ4n) is 10.6. The van der Waals surface area contributed by atoms with E-state index in [1.165, 1.54) is 30.3 Å². The molecule has 474 valence electrons. The number of nitrogens with one attached hydrogen (secondary N) is 5. The molecular formula is C60H74Cl4F2N14O8. The molecule has 2 aromatic heterocycles. The van der Waals surface area contributed by atoms with Crippen molar-refractivity contribution in [1.82, 2.24) is 29.7 Å². The van der Waals surface area contributed by atoms with Crippen LogP contribution >= 0.6 is 46.4 Å². The summed E-state index contributed by atoms with van der Waals surface area (Å²) in [5.74, 6) is 2.50. The van der Waals surface area contributed by atoms with E-state index in [2.05, 4.69) is 86.8 Å². The Hall–Kier alpha value is -7.55. The lowest BCUT2D eigenvalue weighted by Gasteiger charge is -2.40. The Balaban J connectivity index is 0.000000245. The molecule has 4 aliphatic rings. The molecule has 0 radical (unpaired) electrons. The van der Waals surface area contributed by atoms with Crippen molar-refractivity contribution in [3.8, 4) is 11.5 Å². The molecule has 10 N–H and O–H groups in total. The Bertz CT molecular complexity index is 3470. The van der Waals surface area contributed by atoms with Crippen molar-refractivity contribution < 1.29 is 48.0 Å². The first kappa shape index (κ1) is 69.5. The zero-order valence-electron chi connectivity index (χ0n) is 49.1. The Kier molecular flexibility index (Phi) is 23.8. The number of hydrogen-bond acceptors (Lipinski definition) is 20. The Labute approximate surface area is 530 Å². The van der Waals surface area contributed by atoms with Crippen LogP contribution in [0.2, 0.25) is 10.0 Å². The van der Waals surface area contributed by atoms with Gasteiger partial charge < -0.3 is 76.7 Å². The van der Waals surface area contributed by atoms with Gasteiger partial charge in [-0.15, -0.1) is 11.6 Å². The second-order valence-corrected chi connectivity index (χ2v) is 23.5. The van der Waals surface area contributed by atoms with E-state index in [0.717, 1.165) is 50.6 Å². The summed E-state index contributed by atoms with van der Waals surface area (Å²) in [6.45, 7) is 15.4. The molecule has 28 heteroatoms. The first-order chi connectivity index (χ1) is 41.2. The highest BCUT2D eigenvalue weighted by atomic mass is 35.5. The monoisotopic (exact) mass is 1300 g/mol. The molecule has 0 aliphatic carbocycles. The first-order valence-electron chi connectivity index (χ1n) is 27.2. The van der Waals surface area contributed by atoms with Crippen LogP contribution in [-0.4, -0.2) is 148 Å². The molecule has 0 spiro atoms. The smallest absolute Gasteiger partial charge is 0.290 e. The summed E-state index contributed by atoms with van der Waals surface area (Å²) in [7, 11) is 7.46. The quantitative estimate of drug-likeness (QED) is 0.0127. The summed E-state index contributed by atoms with van der Waals surface area (Å²) in [6, 6.07) is 17.0. The zero-order valence-corrected chi connectivity index (χ0v) is 52.1. The van der Waals surface area contributed by atoms with E-state index in [4.69, 9.17) is 71.5 Å². The van der Waals surface area contributed by atoms with Gasteiger partial charge in [-0.1, -0.05) is 37.2 Å². The highest BCUT2D eigenvalue weighted by Gasteiger charge is 2.45. The van der Waals surface area contributed by atoms with Gasteiger partial charge in [-0.05, 0) is 108 Å². The fraction of sp³-hybridized carbons (Fsp3) is 0.383. The van der Waals surface area contributed by atoms with E-state index in [1.807, 2.05) is 18.2 Å². The van der Waals surface area contributed by atoms with Crippen molar-refractivity contribution in [2.45, 2.75) is 64.8 Å². The molecule has 4 aliphatic heterocycles. The van der Waals surface area contributed by atoms with Gasteiger partial charge in [0.15, 0.2) is 0 Å². The standard InChI is InChI=1S/C29H33ClFN7O3.C26H31ClFN7O2.C3H4Cl2O.CH2O2.CH4/c1-6-27(39)34-21-11-22(25(41-5)12-23(21)38-14-16-13-37(4)24(16)15-38)35-28-32-8-7-26(36-28)33-20-10-18(30)19(31)9-17(20)29(2,3)40;1-26(2,36)15-7-17(28)16(27)8-19(15)31-24-5-6-30-25(33-24)32-20-9-18(29)21(10-23(20)37-4)35-12-14-11-34(3)22(14)13-35;4-2-1-3(5)6;2-1-3;/h6-12,16,24,40H,1,13-15H2,2-5H3,(H,34,39)(H2,32,33,35,36);5-10,14,22,36H,11-13,29H2,1-4H3,(H2,30,31,32,33);1-2H2;1H,(H,2,3);1H4/t16-,24+;14-,22+;;;/m00.../s1. The van der Waals surface area contributed by atoms with E-state index in [0.29, 0.717) is 104 Å². The highest BCUT2D eigenvalue weighted by molar-refractivity contribution is 6.63. The molecule has 1 amide bonds. The minimum atomic E-state index is -1.34. The van der Waals surface area contributed by atoms with Gasteiger partial charge >= 0.3 is 0 Å². The molecule has 4 saturated heterocycles. The maximum absolute atomic E-state index is 14.2. The summed E-state index contributed by atoms with van der Waals surface area (Å²) in [5, 5.41) is 42.9. The summed E-state index contributed by atoms with van der Waals surface area (Å²) in [6.07, 6.45) is 4.62. The van der Waals surface area contributed by atoms with Gasteiger partial charge in [-0.2, -0.15) is 9.97 Å². The molecule has 6 aromatic rings. The van der Waals surface area contributed by atoms with Gasteiger partial charge in [-0.3, -0.25) is 14.4 Å². The number of alkyl halides is 1. The number of nitrogens with two attached hydrogens (primary N) is 1. The number of carbonyl (C=O) groups is 3. The van der Waals surface area contributed by atoms with Crippen LogP contribution in [0, 0.1) is 23.5 Å². The molecular weight excluding hydrogens is 1220 g/mol. The van der Waals surface area contributed by atoms with E-state index < -0.39 is 22.8 Å². The second kappa shape index (κ2) is 30.1. The molecule has 4 aromatic carbocycles. The van der Waals surface area contributed by atoms with Crippen LogP contribution in [0.4, 0.5) is 77.8 Å². The van der Waals surface area contributed by atoms with Crippen LogP contribution in [0.15, 0.2) is 85.7 Å². The van der Waals surface area contributed by atoms with Gasteiger partial charge in [-0.25, -0.2) is 18.7 Å². The predicted octanol–water partition coefficient (Wildman–Crippen LogP) is 10.9. The molecule has 0 bridgehead atoms. The lowest BCUT2D eigenvalue weighted by atomic mass is 9.93. The average Bonchev–Trinajstić information content (AvgIpc) is 2.99. The molecule has 0 unspecified atom stereocenters. The van der Waals surface area contributed by atoms with Gasteiger partial charge in [0, 0.05) is 123 Å². The van der Waals surface area contributed by atoms with Crippen LogP contribution in [0.5, 0.6) is 11.5 Å². The maximum Gasteiger partial charge on any atom is 0.290 e. The summed E-state index contributed by atoms with van der Waals surface area (Å²) < 4.78 is 39.6. The Morgan fingerprint density at radius 2 is 1.14 bits per heavy atom. The number of nitrogen functional groups attached to an aromatic ring is 1. The number of carbonyl (C=O) groups excluding carboxylic acids is 2. The number of aromatic nitrogens is 4. The van der Waals surface area contributed by atoms with Crippen LogP contribution in [0.3, 0.4) is 0 Å². The summed E-state index contributed by atoms with van der Waals surface area (Å²) >= 11 is 22.0. The topological polar surface area (TPSA) is 281 Å². The number of carboxylic acid groups (broad SMARTS) is 1. The van der Waals surface area contributed by atoms with Crippen LogP contribution < -0.4 is 51.6 Å². The number of likely N-dealkylation sites (N-methyl/N-ethyl adjacent to an activating group) is 2. The van der Waals surface area contributed by atoms with E-state index in [9.17, 15) is 28.6 Å². The van der Waals surface area contributed by atoms with Crippen molar-refractivity contribution in [2.75, 3.05) is 116 Å². The van der Waals surface area contributed by atoms with E-state index in [1.54, 1.807) is 72.5 Å². The average molecular weight is 1300 g/mol. The third kappa shape index (κ3) is 17.2. The minimum Gasteiger partial charge on any atom is -0.494 e. The van der Waals surface area contributed by atoms with Gasteiger partial charge in [0.25, 0.3) is 6.47 Å². The highest BCUT2D eigenvalue weighted by Crippen LogP contribution is 2.44. The van der Waals surface area contributed by atoms with Crippen LogP contribution in [-0.2, 0) is 25.6 Å². The number of hydrogen-bond donors (Lipinski definition) is 9. The SMILES string of the molecule is C.C=CC(=O)Nc1cc(Nc2nccc(Nc3cc(Cl)c(F)cc3C(C)(C)O)n2)c(OC)cc1N1C[C@@H]2CN(C)[C@@H]2C1.COc1cc(N2C[C@@H]3CN(C)[C@@H]3C2)c(N)cc1Nc1nccc(Nc2cc(Cl)c(F)cc2C(C)(C)O)n1.O=C(Cl)CCCl.O=CO. The van der Waals surface area contributed by atoms with Crippen molar-refractivity contribution in [2.24, 2.45) is 11.8 Å². The number of halogens is 6. The van der Waals surface area contributed by atoms with E-state index >= 15 is 0 Å². The third-order valence-corrected chi connectivity index (χ3v) is 15.8. The van der Waals surface area contributed by atoms with Gasteiger partial charge in [0.1, 0.15) is 34.8 Å². The molecule has 6 heterocycles. The van der Waals surface area contributed by atoms with Crippen molar-refractivity contribution in [1.29, 1.82) is 0 Å². The molecule has 0 saturated carbocycles. The van der Waals surface area contributed by atoms with E-state index in [-0.39, 0.29) is 47.5 Å². The third-order valence-electron chi connectivity index (χ3n) is 14.8. The lowest BCUT2D eigenvalue weighted by molar-refractivity contribution is -0.123. The van der Waals surface area contributed by atoms with Crippen molar-refractivity contribution >= 4 is 133 Å². The number of likely N-dealkylation sites (tertiary alicyclic amines) is 2. The van der Waals surface area contributed by atoms with Gasteiger partial charge in [0.05, 0.1) is 69.6 Å². The Morgan fingerprint density at radius 3 is 1.51 bits per heavy atom. The second-order valence-electron chi connectivity index (χ2n) is 21.9. The zero-order chi connectivity index (χ0) is 63.7. The maximum atomic E-state index is 14.2. The molecule has 4 atom stereocenters. The number of nitrogens with zero attached hydrogens (tertiary/aromatic N) is 8. The molecule has 10 rings (SSSR count). The number of ether oxygens (including phenoxy) is 2. The van der Waals surface area contributed by atoms with Gasteiger partial charge in [0.2, 0.25) is 23.0 Å². The van der Waals surface area contributed by atoms with Crippen molar-refractivity contribution in [3.05, 3.63) is 119 Å². The number of benzene rings is 4. The minimum absolute atomic E-state index is 0. The van der Waals surface area contributed by atoms with Crippen LogP contribution in [0.25, 0.3) is 0 Å². The molecule has 4 fully saturated rings. The molecule has 22 nitrogen and oxygen atoms in total. The number of fused-ring (bicyclic) bond motifs is 2. The first-order valence-corrected chi connectivity index (χ1v) is 28.9. The Morgan fingerprint density at radius 1 is 0.705 bits per heavy atom. The summed E-state index contributed by atoms with van der Waals surface area (Å²) in [5.41, 5.74) is 9.52. The number of rotatable bonds is 18. The number of methoxy groups -OCH3 is 2.